The molecule has 0 radical (unpaired) electrons. The zero-order valence-corrected chi connectivity index (χ0v) is 13.6. The molecule has 1 fully saturated rings. The highest BCUT2D eigenvalue weighted by Gasteiger charge is 2.27. The molecule has 0 bridgehead atoms. The highest BCUT2D eigenvalue weighted by Crippen LogP contribution is 2.11. The third-order valence-corrected chi connectivity index (χ3v) is 4.01. The lowest BCUT2D eigenvalue weighted by Gasteiger charge is -2.26. The lowest BCUT2D eigenvalue weighted by atomic mass is 10.1. The molecule has 0 aromatic carbocycles. The fourth-order valence-corrected chi connectivity index (χ4v) is 2.82. The Morgan fingerprint density at radius 1 is 1.38 bits per heavy atom. The van der Waals surface area contributed by atoms with Crippen LogP contribution < -0.4 is 0 Å². The van der Waals surface area contributed by atoms with Crippen LogP contribution in [0.2, 0.25) is 0 Å². The number of nitrogens with zero attached hydrogens (tertiary/aromatic N) is 5. The van der Waals surface area contributed by atoms with E-state index in [1.165, 1.54) is 0 Å². The van der Waals surface area contributed by atoms with Gasteiger partial charge in [-0.25, -0.2) is 9.67 Å². The molecule has 21 heavy (non-hydrogen) atoms. The fourth-order valence-electron chi connectivity index (χ4n) is 2.82. The van der Waals surface area contributed by atoms with Crippen molar-refractivity contribution >= 4 is 5.78 Å². The molecule has 0 N–H and O–H groups in total. The number of carbonyl (C=O) groups is 1. The van der Waals surface area contributed by atoms with E-state index in [9.17, 15) is 4.79 Å². The van der Waals surface area contributed by atoms with Crippen molar-refractivity contribution in [1.29, 1.82) is 0 Å². The number of Topliss-reactive ketones (excluding diaryl/α,β-unsaturated/α-hetero) is 1. The Morgan fingerprint density at radius 3 is 2.86 bits per heavy atom. The summed E-state index contributed by atoms with van der Waals surface area (Å²) in [6.45, 7) is 7.91. The number of likely N-dealkylation sites (N-methyl/N-ethyl adjacent to an activating group) is 2. The van der Waals surface area contributed by atoms with Crippen molar-refractivity contribution in [3.63, 3.8) is 0 Å². The summed E-state index contributed by atoms with van der Waals surface area (Å²) in [4.78, 5) is 21.3. The topological polar surface area (TPSA) is 54.3 Å². The van der Waals surface area contributed by atoms with E-state index in [2.05, 4.69) is 40.8 Å². The molecule has 1 unspecified atom stereocenters. The Labute approximate surface area is 127 Å². The van der Waals surface area contributed by atoms with Crippen molar-refractivity contribution < 1.29 is 4.79 Å². The normalized spacial score (nSPS) is 21.7. The molecule has 6 nitrogen and oxygen atoms in total. The van der Waals surface area contributed by atoms with Gasteiger partial charge >= 0.3 is 0 Å². The minimum atomic E-state index is -0.0401. The number of hydrogen-bond donors (Lipinski definition) is 0. The van der Waals surface area contributed by atoms with E-state index in [-0.39, 0.29) is 11.8 Å². The van der Waals surface area contributed by atoms with Crippen LogP contribution in [0.25, 0.3) is 0 Å². The molecule has 1 saturated heterocycles. The van der Waals surface area contributed by atoms with Crippen molar-refractivity contribution in [3.8, 4) is 0 Å². The maximum Gasteiger partial charge on any atom is 0.158 e. The lowest BCUT2D eigenvalue weighted by Crippen LogP contribution is -2.44. The lowest BCUT2D eigenvalue weighted by molar-refractivity contribution is -0.123. The summed E-state index contributed by atoms with van der Waals surface area (Å²) in [6, 6.07) is -0.0401. The second-order valence-electron chi connectivity index (χ2n) is 6.51. The minimum absolute atomic E-state index is 0.0401. The molecule has 6 heteroatoms. The molecule has 2 heterocycles. The van der Waals surface area contributed by atoms with Gasteiger partial charge in [0.1, 0.15) is 12.2 Å². The summed E-state index contributed by atoms with van der Waals surface area (Å²) in [5, 5.41) is 4.24. The van der Waals surface area contributed by atoms with Gasteiger partial charge in [-0.05, 0) is 39.5 Å². The van der Waals surface area contributed by atoms with Gasteiger partial charge in [0.25, 0.3) is 0 Å². The van der Waals surface area contributed by atoms with E-state index in [0.29, 0.717) is 12.3 Å². The maximum atomic E-state index is 12.7. The molecule has 0 saturated carbocycles. The third-order valence-electron chi connectivity index (χ3n) is 4.01. The molecule has 118 valence electrons. The van der Waals surface area contributed by atoms with Crippen LogP contribution in [0.3, 0.4) is 0 Å². The molecule has 1 aromatic heterocycles. The van der Waals surface area contributed by atoms with Gasteiger partial charge < -0.3 is 4.90 Å². The van der Waals surface area contributed by atoms with E-state index in [1.54, 1.807) is 6.33 Å². The zero-order valence-electron chi connectivity index (χ0n) is 13.6. The molecular formula is C15H27N5O. The summed E-state index contributed by atoms with van der Waals surface area (Å²) >= 11 is 0. The summed E-state index contributed by atoms with van der Waals surface area (Å²) in [7, 11) is 4.13. The summed E-state index contributed by atoms with van der Waals surface area (Å²) in [5.74, 6) is 1.52. The van der Waals surface area contributed by atoms with Gasteiger partial charge in [-0.2, -0.15) is 5.10 Å². The maximum absolute atomic E-state index is 12.7. The second kappa shape index (κ2) is 7.13. The Bertz CT molecular complexity index is 470. The quantitative estimate of drug-likeness (QED) is 0.799. The summed E-state index contributed by atoms with van der Waals surface area (Å²) < 4.78 is 1.86. The minimum Gasteiger partial charge on any atom is -0.304 e. The Balaban J connectivity index is 2.04. The highest BCUT2D eigenvalue weighted by atomic mass is 16.1. The largest absolute Gasteiger partial charge is 0.304 e. The van der Waals surface area contributed by atoms with E-state index in [1.807, 2.05) is 11.7 Å². The molecule has 2 rings (SSSR count). The van der Waals surface area contributed by atoms with E-state index < -0.39 is 0 Å². The van der Waals surface area contributed by atoms with E-state index in [0.717, 1.165) is 38.4 Å². The van der Waals surface area contributed by atoms with E-state index >= 15 is 0 Å². The number of carbonyl (C=O) groups excluding carboxylic acids is 1. The second-order valence-corrected chi connectivity index (χ2v) is 6.51. The SMILES string of the molecule is CC(C)Cn1ncnc1CC(=O)C1CN(C)CCCN1C. The van der Waals surface area contributed by atoms with Crippen molar-refractivity contribution in [1.82, 2.24) is 24.6 Å². The third kappa shape index (κ3) is 4.35. The van der Waals surface area contributed by atoms with Crippen molar-refractivity contribution in [3.05, 3.63) is 12.2 Å². The van der Waals surface area contributed by atoms with Crippen LogP contribution in [0, 0.1) is 5.92 Å². The molecule has 1 aliphatic heterocycles. The first-order valence-electron chi connectivity index (χ1n) is 7.75. The number of ketones is 1. The molecule has 0 aliphatic carbocycles. The van der Waals surface area contributed by atoms with Crippen LogP contribution in [0.5, 0.6) is 0 Å². The predicted octanol–water partition coefficient (Wildman–Crippen LogP) is 0.682. The number of hydrogen-bond acceptors (Lipinski definition) is 5. The van der Waals surface area contributed by atoms with Crippen LogP contribution in [0.1, 0.15) is 26.1 Å². The van der Waals surface area contributed by atoms with Gasteiger partial charge in [-0.1, -0.05) is 13.8 Å². The van der Waals surface area contributed by atoms with Gasteiger partial charge in [0.2, 0.25) is 0 Å². The Hall–Kier alpha value is -1.27. The summed E-state index contributed by atoms with van der Waals surface area (Å²) in [6.07, 6.45) is 3.03. The standard InChI is InChI=1S/C15H27N5O/c1-12(2)9-20-15(16-11-17-20)8-14(21)13-10-18(3)6-5-7-19(13)4/h11-13H,5-10H2,1-4H3. The summed E-state index contributed by atoms with van der Waals surface area (Å²) in [5.41, 5.74) is 0. The van der Waals surface area contributed by atoms with Crippen molar-refractivity contribution in [2.24, 2.45) is 5.92 Å². The highest BCUT2D eigenvalue weighted by molar-refractivity contribution is 5.85. The number of rotatable bonds is 5. The predicted molar refractivity (Wildman–Crippen MR) is 82.1 cm³/mol. The smallest absolute Gasteiger partial charge is 0.158 e. The van der Waals surface area contributed by atoms with Crippen molar-refractivity contribution in [2.45, 2.75) is 39.3 Å². The monoisotopic (exact) mass is 293 g/mol. The molecule has 0 spiro atoms. The van der Waals surface area contributed by atoms with E-state index in [4.69, 9.17) is 0 Å². The molecule has 0 amide bonds. The van der Waals surface area contributed by atoms with Gasteiger partial charge in [0.15, 0.2) is 5.78 Å². The van der Waals surface area contributed by atoms with Crippen LogP contribution in [0.15, 0.2) is 6.33 Å². The Kier molecular flexibility index (Phi) is 5.47. The van der Waals surface area contributed by atoms with Gasteiger partial charge in [-0.15, -0.1) is 0 Å². The van der Waals surface area contributed by atoms with Crippen LogP contribution in [0.4, 0.5) is 0 Å². The van der Waals surface area contributed by atoms with Crippen LogP contribution in [-0.2, 0) is 17.8 Å². The molecule has 1 aromatic rings. The average Bonchev–Trinajstić information content (AvgIpc) is 2.73. The number of aromatic nitrogens is 3. The van der Waals surface area contributed by atoms with Crippen LogP contribution in [-0.4, -0.2) is 70.1 Å². The zero-order chi connectivity index (χ0) is 15.4. The van der Waals surface area contributed by atoms with Crippen LogP contribution >= 0.6 is 0 Å². The van der Waals surface area contributed by atoms with Gasteiger partial charge in [0.05, 0.1) is 12.5 Å². The van der Waals surface area contributed by atoms with Gasteiger partial charge in [0, 0.05) is 13.1 Å². The first-order valence-corrected chi connectivity index (χ1v) is 7.75. The Morgan fingerprint density at radius 2 is 2.14 bits per heavy atom. The van der Waals surface area contributed by atoms with Gasteiger partial charge in [-0.3, -0.25) is 9.69 Å². The first-order chi connectivity index (χ1) is 9.97. The van der Waals surface area contributed by atoms with Crippen molar-refractivity contribution in [2.75, 3.05) is 33.7 Å². The fraction of sp³-hybridized carbons (Fsp3) is 0.800. The first kappa shape index (κ1) is 16.1. The molecule has 1 atom stereocenters. The average molecular weight is 293 g/mol. The molecular weight excluding hydrogens is 266 g/mol. The molecule has 1 aliphatic rings.